The van der Waals surface area contributed by atoms with Crippen LogP contribution in [0.1, 0.15) is 17.3 Å². The Balaban J connectivity index is 3.03. The SMILES string of the molecule is CC(/C(N)=N/O)N(C)C(=O)c1cc(Br)ccc1Br. The van der Waals surface area contributed by atoms with Crippen molar-refractivity contribution in [3.63, 3.8) is 0 Å². The average molecular weight is 379 g/mol. The lowest BCUT2D eigenvalue weighted by molar-refractivity contribution is 0.0775. The van der Waals surface area contributed by atoms with Crippen LogP contribution in [0.4, 0.5) is 0 Å². The molecule has 0 aliphatic carbocycles. The van der Waals surface area contributed by atoms with Gasteiger partial charge in [0.15, 0.2) is 5.84 Å². The number of nitrogens with zero attached hydrogens (tertiary/aromatic N) is 2. The number of halogens is 2. The van der Waals surface area contributed by atoms with Crippen molar-refractivity contribution in [2.24, 2.45) is 10.9 Å². The number of carbonyl (C=O) groups excluding carboxylic acids is 1. The summed E-state index contributed by atoms with van der Waals surface area (Å²) in [5.41, 5.74) is 5.99. The van der Waals surface area contributed by atoms with Gasteiger partial charge in [0.2, 0.25) is 0 Å². The van der Waals surface area contributed by atoms with Gasteiger partial charge in [-0.25, -0.2) is 0 Å². The molecule has 0 aliphatic heterocycles. The molecule has 0 aromatic heterocycles. The van der Waals surface area contributed by atoms with Crippen LogP contribution in [-0.4, -0.2) is 34.9 Å². The van der Waals surface area contributed by atoms with Crippen LogP contribution in [0.2, 0.25) is 0 Å². The van der Waals surface area contributed by atoms with Crippen molar-refractivity contribution in [1.82, 2.24) is 4.90 Å². The highest BCUT2D eigenvalue weighted by atomic mass is 79.9. The Morgan fingerprint density at radius 3 is 2.67 bits per heavy atom. The molecular weight excluding hydrogens is 366 g/mol. The summed E-state index contributed by atoms with van der Waals surface area (Å²) in [5, 5.41) is 11.5. The van der Waals surface area contributed by atoms with Crippen molar-refractivity contribution in [1.29, 1.82) is 0 Å². The Morgan fingerprint density at radius 2 is 2.11 bits per heavy atom. The van der Waals surface area contributed by atoms with E-state index in [1.54, 1.807) is 26.1 Å². The van der Waals surface area contributed by atoms with E-state index in [0.29, 0.717) is 10.0 Å². The number of amidine groups is 1. The zero-order chi connectivity index (χ0) is 13.9. The molecular formula is C11H13Br2N3O2. The van der Waals surface area contributed by atoms with E-state index in [4.69, 9.17) is 10.9 Å². The van der Waals surface area contributed by atoms with Gasteiger partial charge in [0, 0.05) is 16.0 Å². The first-order valence-corrected chi connectivity index (χ1v) is 6.66. The molecule has 0 heterocycles. The van der Waals surface area contributed by atoms with Crippen LogP contribution < -0.4 is 5.73 Å². The largest absolute Gasteiger partial charge is 0.409 e. The van der Waals surface area contributed by atoms with Crippen molar-refractivity contribution < 1.29 is 10.0 Å². The van der Waals surface area contributed by atoms with E-state index in [9.17, 15) is 4.79 Å². The first-order chi connectivity index (χ1) is 8.38. The lowest BCUT2D eigenvalue weighted by Gasteiger charge is -2.24. The van der Waals surface area contributed by atoms with E-state index >= 15 is 0 Å². The maximum Gasteiger partial charge on any atom is 0.255 e. The molecule has 0 radical (unpaired) electrons. The van der Waals surface area contributed by atoms with Crippen molar-refractivity contribution in [3.8, 4) is 0 Å². The van der Waals surface area contributed by atoms with Gasteiger partial charge in [0.25, 0.3) is 5.91 Å². The monoisotopic (exact) mass is 377 g/mol. The third-order valence-electron chi connectivity index (χ3n) is 2.60. The summed E-state index contributed by atoms with van der Waals surface area (Å²) in [7, 11) is 1.60. The quantitative estimate of drug-likeness (QED) is 0.367. The molecule has 0 fully saturated rings. The molecule has 1 aromatic rings. The second-order valence-corrected chi connectivity index (χ2v) is 5.51. The first-order valence-electron chi connectivity index (χ1n) is 5.08. The van der Waals surface area contributed by atoms with E-state index in [1.165, 1.54) is 4.90 Å². The van der Waals surface area contributed by atoms with Gasteiger partial charge in [-0.1, -0.05) is 21.1 Å². The fourth-order valence-corrected chi connectivity index (χ4v) is 2.09. The minimum absolute atomic E-state index is 0.0167. The van der Waals surface area contributed by atoms with Crippen LogP contribution in [0.25, 0.3) is 0 Å². The number of hydrogen-bond acceptors (Lipinski definition) is 3. The molecule has 5 nitrogen and oxygen atoms in total. The number of nitrogens with two attached hydrogens (primary N) is 1. The zero-order valence-electron chi connectivity index (χ0n) is 9.89. The zero-order valence-corrected chi connectivity index (χ0v) is 13.1. The second-order valence-electron chi connectivity index (χ2n) is 3.74. The van der Waals surface area contributed by atoms with Gasteiger partial charge < -0.3 is 15.8 Å². The van der Waals surface area contributed by atoms with E-state index in [-0.39, 0.29) is 11.7 Å². The minimum Gasteiger partial charge on any atom is -0.409 e. The lowest BCUT2D eigenvalue weighted by Crippen LogP contribution is -2.43. The van der Waals surface area contributed by atoms with Crippen LogP contribution >= 0.6 is 31.9 Å². The van der Waals surface area contributed by atoms with Gasteiger partial charge in [-0.15, -0.1) is 0 Å². The smallest absolute Gasteiger partial charge is 0.255 e. The Morgan fingerprint density at radius 1 is 1.50 bits per heavy atom. The molecule has 7 heteroatoms. The topological polar surface area (TPSA) is 78.9 Å². The Labute approximate surface area is 122 Å². The van der Waals surface area contributed by atoms with Crippen molar-refractivity contribution in [2.75, 3.05) is 7.05 Å². The van der Waals surface area contributed by atoms with E-state index < -0.39 is 6.04 Å². The minimum atomic E-state index is -0.492. The van der Waals surface area contributed by atoms with Gasteiger partial charge >= 0.3 is 0 Å². The van der Waals surface area contributed by atoms with Crippen LogP contribution in [0.5, 0.6) is 0 Å². The predicted molar refractivity (Wildman–Crippen MR) is 76.8 cm³/mol. The van der Waals surface area contributed by atoms with Crippen LogP contribution in [0, 0.1) is 0 Å². The van der Waals surface area contributed by atoms with E-state index in [1.807, 2.05) is 6.07 Å². The Hall–Kier alpha value is -1.08. The highest BCUT2D eigenvalue weighted by Gasteiger charge is 2.22. The van der Waals surface area contributed by atoms with Gasteiger partial charge in [-0.3, -0.25) is 4.79 Å². The molecule has 0 bridgehead atoms. The molecule has 0 aliphatic rings. The van der Waals surface area contributed by atoms with Crippen LogP contribution in [0.3, 0.4) is 0 Å². The lowest BCUT2D eigenvalue weighted by atomic mass is 10.1. The molecule has 1 unspecified atom stereocenters. The summed E-state index contributed by atoms with van der Waals surface area (Å²) in [5.74, 6) is -0.237. The van der Waals surface area contributed by atoms with Crippen LogP contribution in [-0.2, 0) is 0 Å². The number of carbonyl (C=O) groups is 1. The molecule has 1 amide bonds. The normalized spacial score (nSPS) is 13.2. The summed E-state index contributed by atoms with van der Waals surface area (Å²) < 4.78 is 1.49. The van der Waals surface area contributed by atoms with Gasteiger partial charge in [0.1, 0.15) is 0 Å². The van der Waals surface area contributed by atoms with Gasteiger partial charge in [0.05, 0.1) is 11.6 Å². The van der Waals surface area contributed by atoms with Gasteiger partial charge in [-0.05, 0) is 41.1 Å². The summed E-state index contributed by atoms with van der Waals surface area (Å²) >= 11 is 6.64. The van der Waals surface area contributed by atoms with Crippen LogP contribution in [0.15, 0.2) is 32.3 Å². The van der Waals surface area contributed by atoms with E-state index in [2.05, 4.69) is 37.0 Å². The number of amides is 1. The number of benzene rings is 1. The molecule has 1 aromatic carbocycles. The highest BCUT2D eigenvalue weighted by molar-refractivity contribution is 9.11. The summed E-state index contributed by atoms with van der Waals surface area (Å²) in [6.45, 7) is 1.68. The number of oxime groups is 1. The Bertz CT molecular complexity index is 491. The average Bonchev–Trinajstić information content (AvgIpc) is 2.38. The molecule has 3 N–H and O–H groups in total. The first kappa shape index (κ1) is 15.0. The Kier molecular flexibility index (Phi) is 5.15. The third kappa shape index (κ3) is 3.23. The molecule has 0 saturated heterocycles. The molecule has 18 heavy (non-hydrogen) atoms. The summed E-state index contributed by atoms with van der Waals surface area (Å²) in [4.78, 5) is 13.7. The van der Waals surface area contributed by atoms with E-state index in [0.717, 1.165) is 4.47 Å². The standard InChI is InChI=1S/C11H13Br2N3O2/c1-6(10(14)15-18)16(2)11(17)8-5-7(12)3-4-9(8)13/h3-6,18H,1-2H3,(H2,14,15). The number of likely N-dealkylation sites (N-methyl/N-ethyl adjacent to an activating group) is 1. The molecule has 98 valence electrons. The fourth-order valence-electron chi connectivity index (χ4n) is 1.31. The molecule has 1 atom stereocenters. The molecule has 0 spiro atoms. The highest BCUT2D eigenvalue weighted by Crippen LogP contribution is 2.23. The second kappa shape index (κ2) is 6.19. The number of hydrogen-bond donors (Lipinski definition) is 2. The molecule has 0 saturated carbocycles. The fraction of sp³-hybridized carbons (Fsp3) is 0.273. The third-order valence-corrected chi connectivity index (χ3v) is 3.79. The van der Waals surface area contributed by atoms with Crippen molar-refractivity contribution in [2.45, 2.75) is 13.0 Å². The maximum absolute atomic E-state index is 12.3. The predicted octanol–water partition coefficient (Wildman–Crippen LogP) is 2.42. The van der Waals surface area contributed by atoms with Crippen molar-refractivity contribution in [3.05, 3.63) is 32.7 Å². The maximum atomic E-state index is 12.3. The van der Waals surface area contributed by atoms with Crippen molar-refractivity contribution >= 4 is 43.6 Å². The van der Waals surface area contributed by atoms with Gasteiger partial charge in [-0.2, -0.15) is 0 Å². The summed E-state index contributed by atoms with van der Waals surface area (Å²) in [6.07, 6.45) is 0. The number of rotatable bonds is 3. The molecule has 1 rings (SSSR count). The summed E-state index contributed by atoms with van der Waals surface area (Å²) in [6, 6.07) is 4.82.